The molecule has 1 N–H and O–H groups in total. The Morgan fingerprint density at radius 3 is 2.22 bits per heavy atom. The molecule has 1 saturated heterocycles. The number of fused-ring (bicyclic) bond motifs is 1. The third-order valence-corrected chi connectivity index (χ3v) is 4.29. The lowest BCUT2D eigenvalue weighted by molar-refractivity contribution is -0.140. The molecule has 1 aliphatic carbocycles. The first kappa shape index (κ1) is 15.4. The molecule has 6 heteroatoms. The Morgan fingerprint density at radius 2 is 1.65 bits per heavy atom. The van der Waals surface area contributed by atoms with Crippen LogP contribution >= 0.6 is 0 Å². The highest BCUT2D eigenvalue weighted by Gasteiger charge is 2.46. The van der Waals surface area contributed by atoms with Crippen LogP contribution in [0.3, 0.4) is 0 Å². The van der Waals surface area contributed by atoms with Gasteiger partial charge in [-0.2, -0.15) is 0 Å². The summed E-state index contributed by atoms with van der Waals surface area (Å²) in [6.07, 6.45) is 5.07. The number of allylic oxidation sites excluding steroid dienone is 2. The number of nitrogens with zero attached hydrogens (tertiary/aromatic N) is 1. The number of nitrogens with one attached hydrogen (secondary N) is 1. The maximum absolute atomic E-state index is 12.8. The first-order valence-electron chi connectivity index (χ1n) is 7.62. The highest BCUT2D eigenvalue weighted by molar-refractivity contribution is 6.05. The van der Waals surface area contributed by atoms with Crippen molar-refractivity contribution in [3.63, 3.8) is 0 Å². The van der Waals surface area contributed by atoms with Crippen molar-refractivity contribution in [2.24, 2.45) is 11.8 Å². The lowest BCUT2D eigenvalue weighted by Crippen LogP contribution is -2.34. The number of anilines is 1. The molecule has 5 nitrogen and oxygen atoms in total. The van der Waals surface area contributed by atoms with Crippen LogP contribution in [0.4, 0.5) is 10.1 Å². The summed E-state index contributed by atoms with van der Waals surface area (Å²) in [5.41, 5.74) is 0.480. The molecule has 0 spiro atoms. The lowest BCUT2D eigenvalue weighted by atomic mass is 9.85. The van der Waals surface area contributed by atoms with Crippen LogP contribution in [0.2, 0.25) is 0 Å². The summed E-state index contributed by atoms with van der Waals surface area (Å²) >= 11 is 0. The maximum Gasteiger partial charge on any atom is 0.233 e. The summed E-state index contributed by atoms with van der Waals surface area (Å²) in [5, 5.41) is 2.62. The van der Waals surface area contributed by atoms with Crippen LogP contribution in [0.15, 0.2) is 36.4 Å². The van der Waals surface area contributed by atoms with Crippen LogP contribution in [-0.2, 0) is 14.4 Å². The monoisotopic (exact) mass is 316 g/mol. The number of carbonyl (C=O) groups is 3. The number of imide groups is 1. The lowest BCUT2D eigenvalue weighted by Gasteiger charge is -2.14. The average Bonchev–Trinajstić information content (AvgIpc) is 2.80. The molecule has 1 aromatic carbocycles. The molecule has 0 bridgehead atoms. The molecule has 1 aromatic rings. The fourth-order valence-electron chi connectivity index (χ4n) is 3.06. The number of benzene rings is 1. The summed E-state index contributed by atoms with van der Waals surface area (Å²) in [6.45, 7) is 0.0810. The quantitative estimate of drug-likeness (QED) is 0.683. The zero-order valence-electron chi connectivity index (χ0n) is 12.5. The number of hydrogen-bond donors (Lipinski definition) is 1. The summed E-state index contributed by atoms with van der Waals surface area (Å²) in [4.78, 5) is 37.6. The van der Waals surface area contributed by atoms with Gasteiger partial charge in [0.2, 0.25) is 17.7 Å². The summed E-state index contributed by atoms with van der Waals surface area (Å²) < 4.78 is 12.8. The molecule has 0 saturated carbocycles. The van der Waals surface area contributed by atoms with Crippen LogP contribution < -0.4 is 5.32 Å². The van der Waals surface area contributed by atoms with Gasteiger partial charge in [0.1, 0.15) is 5.82 Å². The Hall–Kier alpha value is -2.50. The Labute approximate surface area is 133 Å². The van der Waals surface area contributed by atoms with Gasteiger partial charge in [0.05, 0.1) is 11.8 Å². The number of likely N-dealkylation sites (tertiary alicyclic amines) is 1. The first-order chi connectivity index (χ1) is 11.1. The average molecular weight is 316 g/mol. The first-order valence-corrected chi connectivity index (χ1v) is 7.62. The van der Waals surface area contributed by atoms with Crippen molar-refractivity contribution < 1.29 is 18.8 Å². The number of hydrogen-bond acceptors (Lipinski definition) is 3. The van der Waals surface area contributed by atoms with Gasteiger partial charge < -0.3 is 5.32 Å². The third-order valence-electron chi connectivity index (χ3n) is 4.29. The van der Waals surface area contributed by atoms with E-state index in [1.165, 1.54) is 29.2 Å². The predicted octanol–water partition coefficient (Wildman–Crippen LogP) is 2.11. The van der Waals surface area contributed by atoms with E-state index in [0.29, 0.717) is 18.5 Å². The molecule has 0 radical (unpaired) electrons. The topological polar surface area (TPSA) is 66.5 Å². The smallest absolute Gasteiger partial charge is 0.233 e. The number of amides is 3. The molecular formula is C17H17FN2O3. The van der Waals surface area contributed by atoms with E-state index in [1.807, 2.05) is 12.2 Å². The van der Waals surface area contributed by atoms with Crippen LogP contribution in [0, 0.1) is 17.7 Å². The largest absolute Gasteiger partial charge is 0.326 e. The normalized spacial score (nSPS) is 23.1. The second-order valence-electron chi connectivity index (χ2n) is 5.79. The Kier molecular flexibility index (Phi) is 4.23. The second-order valence-corrected chi connectivity index (χ2v) is 5.79. The van der Waals surface area contributed by atoms with E-state index in [2.05, 4.69) is 5.32 Å². The minimum Gasteiger partial charge on any atom is -0.326 e. The Morgan fingerprint density at radius 1 is 1.09 bits per heavy atom. The molecule has 2 aliphatic rings. The van der Waals surface area contributed by atoms with E-state index < -0.39 is 0 Å². The summed E-state index contributed by atoms with van der Waals surface area (Å²) in [5.74, 6) is -1.60. The van der Waals surface area contributed by atoms with Crippen LogP contribution in [0.1, 0.15) is 19.3 Å². The van der Waals surface area contributed by atoms with Gasteiger partial charge in [-0.1, -0.05) is 12.2 Å². The van der Waals surface area contributed by atoms with E-state index in [1.54, 1.807) is 0 Å². The van der Waals surface area contributed by atoms with E-state index in [4.69, 9.17) is 0 Å². The minimum atomic E-state index is -0.382. The van der Waals surface area contributed by atoms with Crippen LogP contribution in [0.25, 0.3) is 0 Å². The molecule has 0 aromatic heterocycles. The van der Waals surface area contributed by atoms with E-state index in [-0.39, 0.29) is 48.3 Å². The number of rotatable bonds is 4. The minimum absolute atomic E-state index is 0.0295. The van der Waals surface area contributed by atoms with Gasteiger partial charge in [0.15, 0.2) is 0 Å². The van der Waals surface area contributed by atoms with Crippen molar-refractivity contribution in [3.8, 4) is 0 Å². The van der Waals surface area contributed by atoms with Crippen molar-refractivity contribution in [2.75, 3.05) is 11.9 Å². The highest BCUT2D eigenvalue weighted by Crippen LogP contribution is 2.34. The zero-order chi connectivity index (χ0) is 16.4. The Balaban J connectivity index is 1.56. The van der Waals surface area contributed by atoms with Crippen molar-refractivity contribution in [1.82, 2.24) is 4.90 Å². The molecule has 23 heavy (non-hydrogen) atoms. The van der Waals surface area contributed by atoms with Crippen LogP contribution in [0.5, 0.6) is 0 Å². The fourth-order valence-corrected chi connectivity index (χ4v) is 3.06. The van der Waals surface area contributed by atoms with Gasteiger partial charge in [0, 0.05) is 18.7 Å². The number of halogens is 1. The molecule has 1 fully saturated rings. The second kappa shape index (κ2) is 6.32. The summed E-state index contributed by atoms with van der Waals surface area (Å²) in [7, 11) is 0. The molecule has 0 unspecified atom stereocenters. The van der Waals surface area contributed by atoms with E-state index in [9.17, 15) is 18.8 Å². The predicted molar refractivity (Wildman–Crippen MR) is 81.7 cm³/mol. The SMILES string of the molecule is O=C(CCN1C(=O)[C@H]2CC=CC[C@@H]2C1=O)Nc1ccc(F)cc1. The van der Waals surface area contributed by atoms with Gasteiger partial charge in [-0.3, -0.25) is 19.3 Å². The molecular weight excluding hydrogens is 299 g/mol. The van der Waals surface area contributed by atoms with Crippen molar-refractivity contribution in [1.29, 1.82) is 0 Å². The standard InChI is InChI=1S/C17H17FN2O3/c18-11-5-7-12(8-6-11)19-15(21)9-10-20-16(22)13-3-1-2-4-14(13)17(20)23/h1-2,5-8,13-14H,3-4,9-10H2,(H,19,21)/t13-,14-/m0/s1. The number of carbonyl (C=O) groups excluding carboxylic acids is 3. The van der Waals surface area contributed by atoms with E-state index >= 15 is 0 Å². The maximum atomic E-state index is 12.8. The van der Waals surface area contributed by atoms with Gasteiger partial charge in [-0.05, 0) is 37.1 Å². The van der Waals surface area contributed by atoms with Crippen molar-refractivity contribution in [2.45, 2.75) is 19.3 Å². The van der Waals surface area contributed by atoms with E-state index in [0.717, 1.165) is 0 Å². The molecule has 3 rings (SSSR count). The van der Waals surface area contributed by atoms with Crippen molar-refractivity contribution in [3.05, 3.63) is 42.2 Å². The van der Waals surface area contributed by atoms with Gasteiger partial charge in [-0.25, -0.2) is 4.39 Å². The molecule has 3 amide bonds. The fraction of sp³-hybridized carbons (Fsp3) is 0.353. The molecule has 1 aliphatic heterocycles. The zero-order valence-corrected chi connectivity index (χ0v) is 12.5. The van der Waals surface area contributed by atoms with Gasteiger partial charge in [-0.15, -0.1) is 0 Å². The molecule has 120 valence electrons. The van der Waals surface area contributed by atoms with Gasteiger partial charge >= 0.3 is 0 Å². The van der Waals surface area contributed by atoms with Gasteiger partial charge in [0.25, 0.3) is 0 Å². The third kappa shape index (κ3) is 3.16. The Bertz CT molecular complexity index is 643. The summed E-state index contributed by atoms with van der Waals surface area (Å²) in [6, 6.07) is 5.42. The molecule has 1 heterocycles. The highest BCUT2D eigenvalue weighted by atomic mass is 19.1. The van der Waals surface area contributed by atoms with Crippen LogP contribution in [-0.4, -0.2) is 29.2 Å². The molecule has 2 atom stereocenters. The van der Waals surface area contributed by atoms with Crippen molar-refractivity contribution >= 4 is 23.4 Å².